The summed E-state index contributed by atoms with van der Waals surface area (Å²) in [6, 6.07) is 8.22. The molecule has 1 N–H and O–H groups in total. The summed E-state index contributed by atoms with van der Waals surface area (Å²) >= 11 is 0. The van der Waals surface area contributed by atoms with Gasteiger partial charge in [0.2, 0.25) is 0 Å². The lowest BCUT2D eigenvalue weighted by Gasteiger charge is -2.32. The van der Waals surface area contributed by atoms with Crippen LogP contribution in [0.5, 0.6) is 0 Å². The van der Waals surface area contributed by atoms with Crippen LogP contribution >= 0.6 is 0 Å². The monoisotopic (exact) mass is 339 g/mol. The molecule has 5 heteroatoms. The molecule has 0 saturated carbocycles. The summed E-state index contributed by atoms with van der Waals surface area (Å²) in [6.45, 7) is 8.96. The maximum Gasteiger partial charge on any atom is 0.341 e. The number of aromatic nitrogens is 1. The highest BCUT2D eigenvalue weighted by Crippen LogP contribution is 2.29. The summed E-state index contributed by atoms with van der Waals surface area (Å²) in [5.41, 5.74) is 2.22. The van der Waals surface area contributed by atoms with Crippen molar-refractivity contribution in [1.82, 2.24) is 9.88 Å². The van der Waals surface area contributed by atoms with Crippen molar-refractivity contribution in [3.63, 3.8) is 0 Å². The van der Waals surface area contributed by atoms with Crippen molar-refractivity contribution >= 4 is 22.6 Å². The van der Waals surface area contributed by atoms with Gasteiger partial charge in [0, 0.05) is 37.3 Å². The number of pyridine rings is 1. The number of carbonyl (C=O) groups is 1. The highest BCUT2D eigenvalue weighted by atomic mass is 16.5. The van der Waals surface area contributed by atoms with Crippen LogP contribution in [0.2, 0.25) is 0 Å². The number of carbonyl (C=O) groups excluding carboxylic acids is 1. The number of nitrogens with one attached hydrogen (secondary N) is 1. The second kappa shape index (κ2) is 8.12. The van der Waals surface area contributed by atoms with Crippen LogP contribution in [0, 0.1) is 0 Å². The highest BCUT2D eigenvalue weighted by molar-refractivity contribution is 6.04. The fourth-order valence-electron chi connectivity index (χ4n) is 3.31. The molecule has 3 rings (SSSR count). The van der Waals surface area contributed by atoms with Gasteiger partial charge in [-0.1, -0.05) is 24.3 Å². The molecule has 1 fully saturated rings. The molecule has 5 nitrogen and oxygen atoms in total. The van der Waals surface area contributed by atoms with Gasteiger partial charge in [0.05, 0.1) is 17.8 Å². The molecule has 1 aliphatic rings. The van der Waals surface area contributed by atoms with E-state index in [0.29, 0.717) is 18.2 Å². The second-order valence-corrected chi connectivity index (χ2v) is 6.29. The minimum atomic E-state index is -0.327. The molecule has 0 amide bonds. The van der Waals surface area contributed by atoms with E-state index in [9.17, 15) is 4.79 Å². The lowest BCUT2D eigenvalue weighted by Crippen LogP contribution is -2.39. The van der Waals surface area contributed by atoms with Gasteiger partial charge in [-0.05, 0) is 25.8 Å². The third kappa shape index (κ3) is 3.99. The Morgan fingerprint density at radius 1 is 1.40 bits per heavy atom. The van der Waals surface area contributed by atoms with Gasteiger partial charge in [-0.3, -0.25) is 9.88 Å². The van der Waals surface area contributed by atoms with Crippen LogP contribution in [0.25, 0.3) is 10.9 Å². The number of esters is 1. The number of likely N-dealkylation sites (tertiary alicyclic amines) is 1. The zero-order valence-electron chi connectivity index (χ0n) is 14.7. The van der Waals surface area contributed by atoms with Crippen molar-refractivity contribution in [2.45, 2.75) is 25.8 Å². The number of anilines is 1. The first-order valence-electron chi connectivity index (χ1n) is 8.87. The van der Waals surface area contributed by atoms with Crippen molar-refractivity contribution in [3.8, 4) is 0 Å². The van der Waals surface area contributed by atoms with Crippen LogP contribution < -0.4 is 5.32 Å². The average molecular weight is 339 g/mol. The molecule has 2 heterocycles. The number of hydrogen-bond donors (Lipinski definition) is 1. The van der Waals surface area contributed by atoms with Crippen molar-refractivity contribution in [2.24, 2.45) is 0 Å². The molecule has 0 radical (unpaired) electrons. The molecule has 1 aromatic carbocycles. The van der Waals surface area contributed by atoms with Crippen molar-refractivity contribution in [2.75, 3.05) is 31.6 Å². The summed E-state index contributed by atoms with van der Waals surface area (Å²) in [5.74, 6) is -0.327. The Balaban J connectivity index is 1.87. The SMILES string of the molecule is C=CCN1CCC(Nc2c(C(=O)OCC)cnc3ccccc23)CC1. The number of nitrogens with zero attached hydrogens (tertiary/aromatic N) is 2. The molecule has 25 heavy (non-hydrogen) atoms. The van der Waals surface area contributed by atoms with Gasteiger partial charge in [0.15, 0.2) is 0 Å². The molecule has 132 valence electrons. The van der Waals surface area contributed by atoms with E-state index in [1.165, 1.54) is 0 Å². The van der Waals surface area contributed by atoms with Crippen LogP contribution in [0.4, 0.5) is 5.69 Å². The molecule has 0 unspecified atom stereocenters. The van der Waals surface area contributed by atoms with E-state index in [1.54, 1.807) is 6.20 Å². The van der Waals surface area contributed by atoms with Gasteiger partial charge in [-0.25, -0.2) is 4.79 Å². The van der Waals surface area contributed by atoms with Gasteiger partial charge in [-0.15, -0.1) is 6.58 Å². The predicted molar refractivity (Wildman–Crippen MR) is 101 cm³/mol. The topological polar surface area (TPSA) is 54.5 Å². The first-order valence-corrected chi connectivity index (χ1v) is 8.87. The third-order valence-corrected chi connectivity index (χ3v) is 4.59. The largest absolute Gasteiger partial charge is 0.462 e. The van der Waals surface area contributed by atoms with Crippen molar-refractivity contribution in [1.29, 1.82) is 0 Å². The number of piperidine rings is 1. The van der Waals surface area contributed by atoms with E-state index in [0.717, 1.165) is 49.1 Å². The van der Waals surface area contributed by atoms with Gasteiger partial charge in [0.1, 0.15) is 5.56 Å². The van der Waals surface area contributed by atoms with E-state index in [2.05, 4.69) is 21.8 Å². The first kappa shape index (κ1) is 17.4. The number of benzene rings is 1. The van der Waals surface area contributed by atoms with Crippen LogP contribution in [0.3, 0.4) is 0 Å². The molecule has 0 spiro atoms. The van der Waals surface area contributed by atoms with Gasteiger partial charge in [0.25, 0.3) is 0 Å². The quantitative estimate of drug-likeness (QED) is 0.645. The average Bonchev–Trinajstić information content (AvgIpc) is 2.64. The molecule has 1 aromatic heterocycles. The van der Waals surface area contributed by atoms with Gasteiger partial charge < -0.3 is 10.1 Å². The third-order valence-electron chi connectivity index (χ3n) is 4.59. The van der Waals surface area contributed by atoms with Crippen LogP contribution in [0.1, 0.15) is 30.1 Å². The van der Waals surface area contributed by atoms with E-state index in [1.807, 2.05) is 37.3 Å². The first-order chi connectivity index (χ1) is 12.2. The van der Waals surface area contributed by atoms with Crippen molar-refractivity contribution < 1.29 is 9.53 Å². The van der Waals surface area contributed by atoms with Crippen LogP contribution in [-0.4, -0.2) is 48.1 Å². The Labute approximate surface area is 148 Å². The van der Waals surface area contributed by atoms with E-state index >= 15 is 0 Å². The molecule has 0 bridgehead atoms. The fraction of sp³-hybridized carbons (Fsp3) is 0.400. The van der Waals surface area contributed by atoms with E-state index in [4.69, 9.17) is 4.74 Å². The number of rotatable bonds is 6. The molecule has 1 saturated heterocycles. The summed E-state index contributed by atoms with van der Waals surface area (Å²) in [7, 11) is 0. The molecule has 2 aromatic rings. The van der Waals surface area contributed by atoms with Crippen LogP contribution in [0.15, 0.2) is 43.1 Å². The molecule has 0 atom stereocenters. The summed E-state index contributed by atoms with van der Waals surface area (Å²) in [6.07, 6.45) is 5.64. The van der Waals surface area contributed by atoms with Gasteiger partial charge >= 0.3 is 5.97 Å². The van der Waals surface area contributed by atoms with E-state index in [-0.39, 0.29) is 5.97 Å². The number of hydrogen-bond acceptors (Lipinski definition) is 5. The summed E-state index contributed by atoms with van der Waals surface area (Å²) < 4.78 is 5.22. The Hall–Kier alpha value is -2.40. The highest BCUT2D eigenvalue weighted by Gasteiger charge is 2.22. The van der Waals surface area contributed by atoms with Crippen molar-refractivity contribution in [3.05, 3.63) is 48.7 Å². The molecule has 0 aliphatic carbocycles. The Morgan fingerprint density at radius 2 is 2.16 bits per heavy atom. The zero-order valence-corrected chi connectivity index (χ0v) is 14.7. The number of ether oxygens (including phenoxy) is 1. The molecular formula is C20H25N3O2. The molecular weight excluding hydrogens is 314 g/mol. The molecule has 1 aliphatic heterocycles. The lowest BCUT2D eigenvalue weighted by atomic mass is 10.0. The zero-order chi connectivity index (χ0) is 17.6. The predicted octanol–water partition coefficient (Wildman–Crippen LogP) is 3.47. The maximum absolute atomic E-state index is 12.4. The Bertz CT molecular complexity index is 752. The Kier molecular flexibility index (Phi) is 5.66. The summed E-state index contributed by atoms with van der Waals surface area (Å²) in [5, 5.41) is 4.56. The minimum Gasteiger partial charge on any atom is -0.462 e. The standard InChI is InChI=1S/C20H25N3O2/c1-3-11-23-12-9-15(10-13-23)22-19-16-7-5-6-8-18(16)21-14-17(19)20(24)25-4-2/h3,5-8,14-15H,1,4,9-13H2,2H3,(H,21,22). The second-order valence-electron chi connectivity index (χ2n) is 6.29. The van der Waals surface area contributed by atoms with E-state index < -0.39 is 0 Å². The van der Waals surface area contributed by atoms with Crippen LogP contribution in [-0.2, 0) is 4.74 Å². The summed E-state index contributed by atoms with van der Waals surface area (Å²) in [4.78, 5) is 19.2. The normalized spacial score (nSPS) is 15.9. The Morgan fingerprint density at radius 3 is 2.88 bits per heavy atom. The lowest BCUT2D eigenvalue weighted by molar-refractivity contribution is 0.0527. The number of para-hydroxylation sites is 1. The smallest absolute Gasteiger partial charge is 0.341 e. The minimum absolute atomic E-state index is 0.327. The fourth-order valence-corrected chi connectivity index (χ4v) is 3.31. The maximum atomic E-state index is 12.4. The van der Waals surface area contributed by atoms with Gasteiger partial charge in [-0.2, -0.15) is 0 Å². The number of fused-ring (bicyclic) bond motifs is 1.